The molecule has 12 heteroatoms. The van der Waals surface area contributed by atoms with Crippen LogP contribution in [-0.4, -0.2) is 48.6 Å². The van der Waals surface area contributed by atoms with Crippen LogP contribution in [0.1, 0.15) is 45.7 Å². The molecule has 0 aromatic heterocycles. The van der Waals surface area contributed by atoms with Crippen molar-refractivity contribution < 1.29 is 37.1 Å². The highest BCUT2D eigenvalue weighted by Crippen LogP contribution is 2.19. The van der Waals surface area contributed by atoms with Gasteiger partial charge in [-0.05, 0) is 35.4 Å². The number of carbonyl (C=O) groups excluding carboxylic acids is 5. The second-order valence-corrected chi connectivity index (χ2v) is 10.5. The quantitative estimate of drug-likeness (QED) is 0.205. The van der Waals surface area contributed by atoms with Crippen LogP contribution in [0.5, 0.6) is 0 Å². The molecule has 0 fully saturated rings. The van der Waals surface area contributed by atoms with Gasteiger partial charge in [-0.15, -0.1) is 0 Å². The number of hydrogen-bond acceptors (Lipinski definition) is 6. The minimum absolute atomic E-state index is 0.00291. The molecule has 0 spiro atoms. The van der Waals surface area contributed by atoms with Crippen LogP contribution in [0.3, 0.4) is 0 Å². The first kappa shape index (κ1) is 36.8. The number of amides is 3. The van der Waals surface area contributed by atoms with E-state index in [0.717, 1.165) is 22.5 Å². The fourth-order valence-corrected chi connectivity index (χ4v) is 4.42. The summed E-state index contributed by atoms with van der Waals surface area (Å²) in [4.78, 5) is 61.1. The van der Waals surface area contributed by atoms with Gasteiger partial charge in [0, 0.05) is 36.3 Å². The van der Waals surface area contributed by atoms with E-state index in [2.05, 4.69) is 0 Å². The van der Waals surface area contributed by atoms with Crippen LogP contribution in [0, 0.1) is 0 Å². The second kappa shape index (κ2) is 17.3. The summed E-state index contributed by atoms with van der Waals surface area (Å²) in [6.07, 6.45) is -5.03. The Morgan fingerprint density at radius 1 is 0.604 bits per heavy atom. The van der Waals surface area contributed by atoms with Crippen LogP contribution in [0.15, 0.2) is 109 Å². The van der Waals surface area contributed by atoms with Crippen LogP contribution in [0.25, 0.3) is 0 Å². The van der Waals surface area contributed by atoms with Crippen molar-refractivity contribution in [3.8, 4) is 0 Å². The third-order valence-electron chi connectivity index (χ3n) is 6.98. The lowest BCUT2D eigenvalue weighted by atomic mass is 10.1. The lowest BCUT2D eigenvalue weighted by Gasteiger charge is -2.21. The van der Waals surface area contributed by atoms with Crippen LogP contribution in [0.4, 0.5) is 24.5 Å². The normalized spacial score (nSPS) is 10.6. The summed E-state index contributed by atoms with van der Waals surface area (Å²) in [6.45, 7) is 2.98. The Morgan fingerprint density at radius 3 is 1.31 bits per heavy atom. The van der Waals surface area contributed by atoms with Crippen LogP contribution in [0.2, 0.25) is 0 Å². The maximum absolute atomic E-state index is 12.1. The molecule has 4 aromatic rings. The molecular formula is C36H35F3N4O5. The first-order chi connectivity index (χ1) is 22.8. The standard InChI is InChI=1S/C19H17F3N2O3.C17H18N2O2/c1-13(25)24(16-5-3-2-4-6-16)12-14-7-9-15(10-8-14)17(26)11-23-18(27)19(20,21)22;1-13(20)19(16-5-3-2-4-6-16)12-14-7-9-15(10-8-14)17(21)11-18/h2-10H,11-12H2,1H3,(H,23,27);2-10H,11-12,18H2,1H3. The number of para-hydroxylation sites is 2. The fourth-order valence-electron chi connectivity index (χ4n) is 4.42. The number of Topliss-reactive ketones (excluding diaryl/α,β-unsaturated/α-hetero) is 2. The zero-order valence-corrected chi connectivity index (χ0v) is 26.4. The summed E-state index contributed by atoms with van der Waals surface area (Å²) in [5.74, 6) is -3.08. The Bertz CT molecular complexity index is 1700. The highest BCUT2D eigenvalue weighted by molar-refractivity contribution is 6.00. The van der Waals surface area contributed by atoms with Crippen molar-refractivity contribution in [3.05, 3.63) is 131 Å². The smallest absolute Gasteiger partial charge is 0.341 e. The molecule has 0 aliphatic rings. The van der Waals surface area contributed by atoms with Gasteiger partial charge in [0.1, 0.15) is 0 Å². The lowest BCUT2D eigenvalue weighted by molar-refractivity contribution is -0.173. The topological polar surface area (TPSA) is 130 Å². The molecule has 0 heterocycles. The van der Waals surface area contributed by atoms with Crippen molar-refractivity contribution in [3.63, 3.8) is 0 Å². The predicted octanol–water partition coefficient (Wildman–Crippen LogP) is 5.48. The summed E-state index contributed by atoms with van der Waals surface area (Å²) in [6, 6.07) is 31.8. The molecule has 0 saturated carbocycles. The number of carbonyl (C=O) groups is 5. The zero-order chi connectivity index (χ0) is 35.3. The average molecular weight is 661 g/mol. The fraction of sp³-hybridized carbons (Fsp3) is 0.194. The number of benzene rings is 4. The Balaban J connectivity index is 0.000000269. The third-order valence-corrected chi connectivity index (χ3v) is 6.98. The van der Waals surface area contributed by atoms with E-state index in [9.17, 15) is 37.1 Å². The van der Waals surface area contributed by atoms with E-state index in [0.29, 0.717) is 12.1 Å². The summed E-state index contributed by atoms with van der Waals surface area (Å²) < 4.78 is 36.4. The molecule has 0 saturated heterocycles. The number of halogens is 3. The minimum atomic E-state index is -5.03. The minimum Gasteiger partial charge on any atom is -0.341 e. The van der Waals surface area contributed by atoms with Gasteiger partial charge in [-0.2, -0.15) is 13.2 Å². The third kappa shape index (κ3) is 11.0. The highest BCUT2D eigenvalue weighted by Gasteiger charge is 2.38. The van der Waals surface area contributed by atoms with E-state index in [4.69, 9.17) is 5.73 Å². The summed E-state index contributed by atoms with van der Waals surface area (Å²) >= 11 is 0. The number of nitrogens with two attached hydrogens (primary N) is 1. The Kier molecular flexibility index (Phi) is 13.3. The molecule has 4 aromatic carbocycles. The number of alkyl halides is 3. The molecule has 0 bridgehead atoms. The van der Waals surface area contributed by atoms with Crippen LogP contribution in [-0.2, 0) is 27.5 Å². The van der Waals surface area contributed by atoms with Crippen molar-refractivity contribution >= 4 is 40.7 Å². The predicted molar refractivity (Wildman–Crippen MR) is 176 cm³/mol. The van der Waals surface area contributed by atoms with Gasteiger partial charge in [0.05, 0.1) is 26.2 Å². The number of rotatable bonds is 11. The summed E-state index contributed by atoms with van der Waals surface area (Å²) in [5.41, 5.74) is 9.37. The number of nitrogens with one attached hydrogen (secondary N) is 1. The van der Waals surface area contributed by atoms with Gasteiger partial charge in [-0.3, -0.25) is 24.0 Å². The molecule has 0 unspecified atom stereocenters. The van der Waals surface area contributed by atoms with Crippen molar-refractivity contribution in [1.29, 1.82) is 0 Å². The van der Waals surface area contributed by atoms with Gasteiger partial charge in [0.2, 0.25) is 11.8 Å². The molecule has 3 amide bonds. The van der Waals surface area contributed by atoms with Gasteiger partial charge >= 0.3 is 12.1 Å². The van der Waals surface area contributed by atoms with Gasteiger partial charge < -0.3 is 20.9 Å². The van der Waals surface area contributed by atoms with E-state index in [1.807, 2.05) is 60.7 Å². The molecule has 9 nitrogen and oxygen atoms in total. The molecule has 0 aliphatic heterocycles. The van der Waals surface area contributed by atoms with Gasteiger partial charge in [-0.1, -0.05) is 84.9 Å². The largest absolute Gasteiger partial charge is 0.471 e. The molecule has 3 N–H and O–H groups in total. The Labute approximate surface area is 276 Å². The lowest BCUT2D eigenvalue weighted by Crippen LogP contribution is -2.39. The monoisotopic (exact) mass is 660 g/mol. The molecule has 0 radical (unpaired) electrons. The van der Waals surface area contributed by atoms with Gasteiger partial charge in [0.25, 0.3) is 0 Å². The molecule has 48 heavy (non-hydrogen) atoms. The van der Waals surface area contributed by atoms with Gasteiger partial charge in [0.15, 0.2) is 11.6 Å². The molecule has 0 aliphatic carbocycles. The van der Waals surface area contributed by atoms with Crippen LogP contribution < -0.4 is 20.9 Å². The number of nitrogens with zero attached hydrogens (tertiary/aromatic N) is 2. The maximum atomic E-state index is 12.1. The zero-order valence-electron chi connectivity index (χ0n) is 26.4. The van der Waals surface area contributed by atoms with Crippen molar-refractivity contribution in [2.75, 3.05) is 22.9 Å². The molecule has 4 rings (SSSR count). The van der Waals surface area contributed by atoms with Crippen molar-refractivity contribution in [2.45, 2.75) is 33.1 Å². The second-order valence-electron chi connectivity index (χ2n) is 10.5. The van der Waals surface area contributed by atoms with Crippen molar-refractivity contribution in [2.24, 2.45) is 5.73 Å². The maximum Gasteiger partial charge on any atom is 0.471 e. The summed E-state index contributed by atoms with van der Waals surface area (Å²) in [5, 5.41) is 1.54. The number of anilines is 2. The van der Waals surface area contributed by atoms with E-state index in [-0.39, 0.29) is 36.3 Å². The number of hydrogen-bond donors (Lipinski definition) is 2. The van der Waals surface area contributed by atoms with E-state index in [1.54, 1.807) is 53.1 Å². The van der Waals surface area contributed by atoms with Gasteiger partial charge in [-0.25, -0.2) is 0 Å². The first-order valence-electron chi connectivity index (χ1n) is 14.8. The van der Waals surface area contributed by atoms with E-state index in [1.165, 1.54) is 24.4 Å². The van der Waals surface area contributed by atoms with E-state index >= 15 is 0 Å². The molecule has 0 atom stereocenters. The average Bonchev–Trinajstić information content (AvgIpc) is 3.08. The van der Waals surface area contributed by atoms with Crippen molar-refractivity contribution in [1.82, 2.24) is 5.32 Å². The molecular weight excluding hydrogens is 625 g/mol. The highest BCUT2D eigenvalue weighted by atomic mass is 19.4. The number of ketones is 2. The SMILES string of the molecule is CC(=O)N(Cc1ccc(C(=O)CN)cc1)c1ccccc1.CC(=O)N(Cc1ccc(C(=O)CNC(=O)C(F)(F)F)cc1)c1ccccc1. The van der Waals surface area contributed by atoms with E-state index < -0.39 is 24.4 Å². The van der Waals surface area contributed by atoms with Crippen LogP contribution >= 0.6 is 0 Å². The Hall–Kier alpha value is -5.62. The Morgan fingerprint density at radius 2 is 0.979 bits per heavy atom. The molecule has 250 valence electrons. The first-order valence-corrected chi connectivity index (χ1v) is 14.8. The summed E-state index contributed by atoms with van der Waals surface area (Å²) in [7, 11) is 0.